The number of β-amino-alcohol motifs (C(OH)–C–C–N with tert-alkyl or cyclic N) is 1. The molecule has 1 saturated heterocycles. The molecule has 0 aromatic rings. The Hall–Kier alpha value is -0.0800. The van der Waals surface area contributed by atoms with Gasteiger partial charge in [-0.15, -0.1) is 0 Å². The first-order valence-electron chi connectivity index (χ1n) is 6.71. The maximum absolute atomic E-state index is 9.99. The number of aliphatic hydroxyl groups is 1. The van der Waals surface area contributed by atoms with Crippen LogP contribution in [-0.2, 0) is 0 Å². The van der Waals surface area contributed by atoms with Crippen molar-refractivity contribution in [2.24, 2.45) is 10.8 Å². The third-order valence-corrected chi connectivity index (χ3v) is 3.93. The van der Waals surface area contributed by atoms with Crippen LogP contribution in [0.4, 0.5) is 0 Å². The first kappa shape index (κ1) is 14.0. The molecule has 16 heavy (non-hydrogen) atoms. The summed E-state index contributed by atoms with van der Waals surface area (Å²) in [7, 11) is 0. The SMILES string of the molecule is CCC1(CC)CN(CC(O)CC(C)(C)C)C1. The molecule has 0 saturated carbocycles. The quantitative estimate of drug-likeness (QED) is 0.780. The highest BCUT2D eigenvalue weighted by molar-refractivity contribution is 4.93. The molecule has 0 bridgehead atoms. The van der Waals surface area contributed by atoms with Gasteiger partial charge < -0.3 is 5.11 Å². The summed E-state index contributed by atoms with van der Waals surface area (Å²) < 4.78 is 0. The molecule has 1 unspecified atom stereocenters. The van der Waals surface area contributed by atoms with Gasteiger partial charge in [0.15, 0.2) is 0 Å². The Labute approximate surface area is 101 Å². The molecule has 96 valence electrons. The minimum absolute atomic E-state index is 0.160. The second kappa shape index (κ2) is 5.05. The normalized spacial score (nSPS) is 22.9. The summed E-state index contributed by atoms with van der Waals surface area (Å²) in [6.45, 7) is 14.4. The molecule has 0 aromatic carbocycles. The van der Waals surface area contributed by atoms with E-state index in [1.54, 1.807) is 0 Å². The molecule has 0 aromatic heterocycles. The van der Waals surface area contributed by atoms with E-state index in [0.29, 0.717) is 5.41 Å². The van der Waals surface area contributed by atoms with E-state index in [0.717, 1.165) is 13.0 Å². The first-order valence-corrected chi connectivity index (χ1v) is 6.71. The van der Waals surface area contributed by atoms with E-state index in [9.17, 15) is 5.11 Å². The van der Waals surface area contributed by atoms with Gasteiger partial charge in [0.25, 0.3) is 0 Å². The van der Waals surface area contributed by atoms with E-state index < -0.39 is 0 Å². The van der Waals surface area contributed by atoms with Gasteiger partial charge in [-0.1, -0.05) is 34.6 Å². The third-order valence-electron chi connectivity index (χ3n) is 3.93. The Morgan fingerprint density at radius 1 is 1.19 bits per heavy atom. The maximum Gasteiger partial charge on any atom is 0.0672 e. The van der Waals surface area contributed by atoms with E-state index in [-0.39, 0.29) is 11.5 Å². The van der Waals surface area contributed by atoms with Crippen LogP contribution in [0.2, 0.25) is 0 Å². The number of aliphatic hydroxyl groups excluding tert-OH is 1. The van der Waals surface area contributed by atoms with Crippen LogP contribution in [0.25, 0.3) is 0 Å². The van der Waals surface area contributed by atoms with Gasteiger partial charge in [-0.25, -0.2) is 0 Å². The van der Waals surface area contributed by atoms with Crippen LogP contribution in [0.1, 0.15) is 53.9 Å². The van der Waals surface area contributed by atoms with Gasteiger partial charge in [-0.05, 0) is 30.1 Å². The lowest BCUT2D eigenvalue weighted by molar-refractivity contribution is -0.0388. The lowest BCUT2D eigenvalue weighted by Gasteiger charge is -2.50. The molecule has 0 radical (unpaired) electrons. The summed E-state index contributed by atoms with van der Waals surface area (Å²) in [6.07, 6.45) is 3.28. The zero-order valence-corrected chi connectivity index (χ0v) is 11.7. The van der Waals surface area contributed by atoms with Crippen molar-refractivity contribution in [3.05, 3.63) is 0 Å². The van der Waals surface area contributed by atoms with Crippen LogP contribution in [0.5, 0.6) is 0 Å². The third kappa shape index (κ3) is 3.74. The summed E-state index contributed by atoms with van der Waals surface area (Å²) >= 11 is 0. The van der Waals surface area contributed by atoms with Crippen molar-refractivity contribution in [2.75, 3.05) is 19.6 Å². The highest BCUT2D eigenvalue weighted by Gasteiger charge is 2.40. The Bertz CT molecular complexity index is 207. The lowest BCUT2D eigenvalue weighted by Crippen LogP contribution is -2.57. The van der Waals surface area contributed by atoms with E-state index in [1.165, 1.54) is 25.9 Å². The van der Waals surface area contributed by atoms with Crippen LogP contribution in [0.3, 0.4) is 0 Å². The van der Waals surface area contributed by atoms with Crippen molar-refractivity contribution in [3.63, 3.8) is 0 Å². The fraction of sp³-hybridized carbons (Fsp3) is 1.00. The maximum atomic E-state index is 9.99. The Kier molecular flexibility index (Phi) is 4.42. The minimum Gasteiger partial charge on any atom is -0.392 e. The molecule has 1 aliphatic heterocycles. The largest absolute Gasteiger partial charge is 0.392 e. The second-order valence-electron chi connectivity index (χ2n) is 6.80. The summed E-state index contributed by atoms with van der Waals surface area (Å²) in [4.78, 5) is 2.41. The van der Waals surface area contributed by atoms with Gasteiger partial charge in [0, 0.05) is 19.6 Å². The molecule has 1 fully saturated rings. The first-order chi connectivity index (χ1) is 7.30. The molecular weight excluding hydrogens is 198 g/mol. The molecule has 0 aliphatic carbocycles. The molecule has 1 aliphatic rings. The average molecular weight is 227 g/mol. The average Bonchev–Trinajstić information content (AvgIpc) is 2.07. The number of hydrogen-bond acceptors (Lipinski definition) is 2. The van der Waals surface area contributed by atoms with Crippen molar-refractivity contribution >= 4 is 0 Å². The Morgan fingerprint density at radius 2 is 1.69 bits per heavy atom. The van der Waals surface area contributed by atoms with Crippen LogP contribution in [0, 0.1) is 10.8 Å². The van der Waals surface area contributed by atoms with E-state index in [1.807, 2.05) is 0 Å². The number of likely N-dealkylation sites (tertiary alicyclic amines) is 1. The zero-order valence-electron chi connectivity index (χ0n) is 11.7. The summed E-state index contributed by atoms with van der Waals surface area (Å²) in [5, 5.41) is 9.99. The van der Waals surface area contributed by atoms with Crippen LogP contribution in [-0.4, -0.2) is 35.7 Å². The number of nitrogens with zero attached hydrogens (tertiary/aromatic N) is 1. The van der Waals surface area contributed by atoms with Gasteiger partial charge in [-0.3, -0.25) is 4.90 Å². The highest BCUT2D eigenvalue weighted by Crippen LogP contribution is 2.37. The van der Waals surface area contributed by atoms with E-state index in [2.05, 4.69) is 39.5 Å². The molecule has 1 heterocycles. The Morgan fingerprint density at radius 3 is 2.06 bits per heavy atom. The predicted molar refractivity (Wildman–Crippen MR) is 69.5 cm³/mol. The molecule has 0 spiro atoms. The summed E-state index contributed by atoms with van der Waals surface area (Å²) in [5.74, 6) is 0. The minimum atomic E-state index is -0.160. The van der Waals surface area contributed by atoms with Crippen LogP contribution < -0.4 is 0 Å². The smallest absolute Gasteiger partial charge is 0.0672 e. The molecule has 2 nitrogen and oxygen atoms in total. The van der Waals surface area contributed by atoms with Gasteiger partial charge in [-0.2, -0.15) is 0 Å². The monoisotopic (exact) mass is 227 g/mol. The summed E-state index contributed by atoms with van der Waals surface area (Å²) in [6, 6.07) is 0. The van der Waals surface area contributed by atoms with Gasteiger partial charge in [0.1, 0.15) is 0 Å². The van der Waals surface area contributed by atoms with Crippen LogP contribution in [0.15, 0.2) is 0 Å². The predicted octanol–water partition coefficient (Wildman–Crippen LogP) is 2.91. The Balaban J connectivity index is 2.27. The zero-order chi connectivity index (χ0) is 12.4. The van der Waals surface area contributed by atoms with Crippen molar-refractivity contribution in [3.8, 4) is 0 Å². The fourth-order valence-corrected chi connectivity index (χ4v) is 2.80. The molecular formula is C14H29NO. The van der Waals surface area contributed by atoms with Gasteiger partial charge in [0.05, 0.1) is 6.10 Å². The van der Waals surface area contributed by atoms with Crippen molar-refractivity contribution in [1.82, 2.24) is 4.90 Å². The molecule has 1 N–H and O–H groups in total. The number of rotatable bonds is 5. The van der Waals surface area contributed by atoms with Gasteiger partial charge in [0.2, 0.25) is 0 Å². The number of hydrogen-bond donors (Lipinski definition) is 1. The highest BCUT2D eigenvalue weighted by atomic mass is 16.3. The molecule has 0 amide bonds. The lowest BCUT2D eigenvalue weighted by atomic mass is 9.75. The van der Waals surface area contributed by atoms with Crippen molar-refractivity contribution in [1.29, 1.82) is 0 Å². The van der Waals surface area contributed by atoms with Crippen molar-refractivity contribution in [2.45, 2.75) is 60.0 Å². The molecule has 1 atom stereocenters. The van der Waals surface area contributed by atoms with E-state index >= 15 is 0 Å². The fourth-order valence-electron chi connectivity index (χ4n) is 2.80. The summed E-state index contributed by atoms with van der Waals surface area (Å²) in [5.41, 5.74) is 0.790. The van der Waals surface area contributed by atoms with Crippen LogP contribution >= 0.6 is 0 Å². The molecule has 2 heteroatoms. The standard InChI is InChI=1S/C14H29NO/c1-6-14(7-2)10-15(11-14)9-12(16)8-13(3,4)5/h12,16H,6-11H2,1-5H3. The van der Waals surface area contributed by atoms with Crippen molar-refractivity contribution < 1.29 is 5.11 Å². The topological polar surface area (TPSA) is 23.5 Å². The molecule has 1 rings (SSSR count). The van der Waals surface area contributed by atoms with E-state index in [4.69, 9.17) is 0 Å². The second-order valence-corrected chi connectivity index (χ2v) is 6.80. The van der Waals surface area contributed by atoms with Gasteiger partial charge >= 0.3 is 0 Å².